The maximum absolute atomic E-state index is 5.82. The minimum Gasteiger partial charge on any atom is -0.428 e. The Labute approximate surface area is 114 Å². The molecule has 0 aromatic rings. The number of rotatable bonds is 6. The van der Waals surface area contributed by atoms with Crippen LogP contribution >= 0.6 is 0 Å². The highest BCUT2D eigenvalue weighted by molar-refractivity contribution is 5.97. The highest BCUT2D eigenvalue weighted by Crippen LogP contribution is 2.31. The second kappa shape index (κ2) is 8.30. The summed E-state index contributed by atoms with van der Waals surface area (Å²) in [5.41, 5.74) is 0. The molecule has 0 unspecified atom stereocenters. The Morgan fingerprint density at radius 2 is 1.78 bits per heavy atom. The van der Waals surface area contributed by atoms with Crippen molar-refractivity contribution in [2.75, 3.05) is 19.8 Å². The first kappa shape index (κ1) is 14.5. The van der Waals surface area contributed by atoms with Crippen molar-refractivity contribution in [3.63, 3.8) is 0 Å². The fraction of sp³-hybridized carbons (Fsp3) is 1.00. The van der Waals surface area contributed by atoms with Crippen LogP contribution in [0.15, 0.2) is 0 Å². The van der Waals surface area contributed by atoms with E-state index in [1.54, 1.807) is 0 Å². The van der Waals surface area contributed by atoms with Gasteiger partial charge in [0.05, 0.1) is 0 Å². The quantitative estimate of drug-likeness (QED) is 0.692. The molecule has 0 radical (unpaired) electrons. The van der Waals surface area contributed by atoms with E-state index < -0.39 is 0 Å². The molecule has 0 bridgehead atoms. The van der Waals surface area contributed by atoms with Gasteiger partial charge in [0.1, 0.15) is 10.5 Å². The lowest BCUT2D eigenvalue weighted by molar-refractivity contribution is -0.164. The van der Waals surface area contributed by atoms with E-state index in [-0.39, 0.29) is 6.29 Å². The van der Waals surface area contributed by atoms with Crippen LogP contribution < -0.4 is 0 Å². The fourth-order valence-corrected chi connectivity index (χ4v) is 3.60. The van der Waals surface area contributed by atoms with E-state index in [0.717, 1.165) is 48.6 Å². The molecule has 106 valence electrons. The van der Waals surface area contributed by atoms with Crippen molar-refractivity contribution >= 4 is 10.5 Å². The van der Waals surface area contributed by atoms with Crippen LogP contribution in [0.4, 0.5) is 0 Å². The minimum atomic E-state index is 0.0912. The van der Waals surface area contributed by atoms with Crippen LogP contribution in [0.2, 0.25) is 0 Å². The van der Waals surface area contributed by atoms with E-state index in [0.29, 0.717) is 0 Å². The zero-order valence-electron chi connectivity index (χ0n) is 11.7. The third kappa shape index (κ3) is 5.00. The first-order valence-electron chi connectivity index (χ1n) is 7.60. The summed E-state index contributed by atoms with van der Waals surface area (Å²) in [6, 6.07) is 0. The van der Waals surface area contributed by atoms with Crippen LogP contribution in [-0.2, 0) is 13.9 Å². The Morgan fingerprint density at radius 1 is 1.00 bits per heavy atom. The summed E-state index contributed by atoms with van der Waals surface area (Å²) in [7, 11) is 0.889. The smallest absolute Gasteiger partial charge is 0.157 e. The molecular formula is C14H28O3Si. The van der Waals surface area contributed by atoms with E-state index in [1.807, 2.05) is 0 Å². The first-order valence-corrected chi connectivity index (χ1v) is 8.42. The summed E-state index contributed by atoms with van der Waals surface area (Å²) < 4.78 is 16.8. The van der Waals surface area contributed by atoms with Gasteiger partial charge in [0.2, 0.25) is 0 Å². The Kier molecular flexibility index (Phi) is 6.69. The number of ether oxygens (including phenoxy) is 2. The summed E-state index contributed by atoms with van der Waals surface area (Å²) in [5.74, 6) is 1.71. The zero-order chi connectivity index (χ0) is 12.6. The van der Waals surface area contributed by atoms with Crippen LogP contribution in [-0.4, -0.2) is 36.6 Å². The van der Waals surface area contributed by atoms with E-state index in [9.17, 15) is 0 Å². The average molecular weight is 272 g/mol. The van der Waals surface area contributed by atoms with Gasteiger partial charge in [0.25, 0.3) is 0 Å². The molecule has 0 aromatic heterocycles. The van der Waals surface area contributed by atoms with E-state index in [2.05, 4.69) is 0 Å². The molecule has 2 rings (SSSR count). The van der Waals surface area contributed by atoms with E-state index >= 15 is 0 Å². The van der Waals surface area contributed by atoms with Crippen LogP contribution in [0, 0.1) is 11.8 Å². The second-order valence-corrected chi connectivity index (χ2v) is 6.38. The molecule has 18 heavy (non-hydrogen) atoms. The number of hydrogen-bond donors (Lipinski definition) is 0. The zero-order valence-corrected chi connectivity index (χ0v) is 13.7. The Balaban J connectivity index is 1.52. The average Bonchev–Trinajstić information content (AvgIpc) is 2.42. The molecule has 1 saturated carbocycles. The molecule has 2 fully saturated rings. The molecule has 1 atom stereocenters. The van der Waals surface area contributed by atoms with Gasteiger partial charge in [-0.05, 0) is 50.4 Å². The topological polar surface area (TPSA) is 27.7 Å². The molecule has 0 spiro atoms. The lowest BCUT2D eigenvalue weighted by Crippen LogP contribution is -2.24. The van der Waals surface area contributed by atoms with E-state index in [4.69, 9.17) is 13.9 Å². The SMILES string of the molecule is [SiH3]OCC1CCC(CCO[C@@H]2CCCCO2)CC1. The summed E-state index contributed by atoms with van der Waals surface area (Å²) in [6.07, 6.45) is 10.3. The van der Waals surface area contributed by atoms with E-state index in [1.165, 1.54) is 44.9 Å². The van der Waals surface area contributed by atoms with Crippen LogP contribution in [0.25, 0.3) is 0 Å². The minimum absolute atomic E-state index is 0.0912. The molecule has 1 heterocycles. The van der Waals surface area contributed by atoms with Gasteiger partial charge >= 0.3 is 0 Å². The third-order valence-corrected chi connectivity index (χ3v) is 4.67. The molecular weight excluding hydrogens is 244 g/mol. The fourth-order valence-electron chi connectivity index (χ4n) is 3.13. The third-order valence-electron chi connectivity index (χ3n) is 4.34. The van der Waals surface area contributed by atoms with Crippen LogP contribution in [0.3, 0.4) is 0 Å². The van der Waals surface area contributed by atoms with Crippen molar-refractivity contribution in [1.82, 2.24) is 0 Å². The maximum Gasteiger partial charge on any atom is 0.157 e. The summed E-state index contributed by atoms with van der Waals surface area (Å²) in [4.78, 5) is 0. The van der Waals surface area contributed by atoms with Crippen molar-refractivity contribution in [3.05, 3.63) is 0 Å². The predicted molar refractivity (Wildman–Crippen MR) is 75.5 cm³/mol. The molecule has 2 aliphatic rings. The Bertz CT molecular complexity index is 211. The van der Waals surface area contributed by atoms with Crippen molar-refractivity contribution in [2.24, 2.45) is 11.8 Å². The van der Waals surface area contributed by atoms with Crippen molar-refractivity contribution in [2.45, 2.75) is 57.7 Å². The lowest BCUT2D eigenvalue weighted by Gasteiger charge is -2.29. The van der Waals surface area contributed by atoms with Gasteiger partial charge in [-0.3, -0.25) is 0 Å². The van der Waals surface area contributed by atoms with Gasteiger partial charge in [0.15, 0.2) is 6.29 Å². The van der Waals surface area contributed by atoms with Crippen LogP contribution in [0.5, 0.6) is 0 Å². The highest BCUT2D eigenvalue weighted by atomic mass is 28.2. The Hall–Kier alpha value is 0.0969. The first-order chi connectivity index (χ1) is 8.88. The summed E-state index contributed by atoms with van der Waals surface area (Å²) in [5, 5.41) is 0. The molecule has 0 amide bonds. The monoisotopic (exact) mass is 272 g/mol. The van der Waals surface area contributed by atoms with Gasteiger partial charge < -0.3 is 13.9 Å². The van der Waals surface area contributed by atoms with Gasteiger partial charge in [0, 0.05) is 19.8 Å². The lowest BCUT2D eigenvalue weighted by atomic mass is 9.81. The van der Waals surface area contributed by atoms with Crippen molar-refractivity contribution < 1.29 is 13.9 Å². The number of hydrogen-bond acceptors (Lipinski definition) is 3. The molecule has 1 saturated heterocycles. The van der Waals surface area contributed by atoms with Gasteiger partial charge in [-0.1, -0.05) is 12.8 Å². The normalized spacial score (nSPS) is 33.7. The second-order valence-electron chi connectivity index (χ2n) is 5.80. The standard InChI is InChI=1S/C14H28O3Si/c18-17-11-13-6-4-12(5-7-13)8-10-16-14-3-1-2-9-15-14/h12-14H,1-11H2,18H3/t12?,13?,14-/m1/s1. The summed E-state index contributed by atoms with van der Waals surface area (Å²) in [6.45, 7) is 2.78. The summed E-state index contributed by atoms with van der Waals surface area (Å²) >= 11 is 0. The molecule has 3 nitrogen and oxygen atoms in total. The molecule has 0 N–H and O–H groups in total. The van der Waals surface area contributed by atoms with Crippen molar-refractivity contribution in [1.29, 1.82) is 0 Å². The molecule has 1 aliphatic carbocycles. The molecule has 4 heteroatoms. The maximum atomic E-state index is 5.82. The van der Waals surface area contributed by atoms with Gasteiger partial charge in [-0.2, -0.15) is 0 Å². The molecule has 1 aliphatic heterocycles. The van der Waals surface area contributed by atoms with Crippen molar-refractivity contribution in [3.8, 4) is 0 Å². The largest absolute Gasteiger partial charge is 0.428 e. The molecule has 0 aromatic carbocycles. The Morgan fingerprint density at radius 3 is 2.44 bits per heavy atom. The predicted octanol–water partition coefficient (Wildman–Crippen LogP) is 2.02. The van der Waals surface area contributed by atoms with Gasteiger partial charge in [-0.25, -0.2) is 0 Å². The van der Waals surface area contributed by atoms with Crippen LogP contribution in [0.1, 0.15) is 51.4 Å². The van der Waals surface area contributed by atoms with Gasteiger partial charge in [-0.15, -0.1) is 0 Å². The highest BCUT2D eigenvalue weighted by Gasteiger charge is 2.21.